The van der Waals surface area contributed by atoms with Gasteiger partial charge < -0.3 is 14.3 Å². The predicted octanol–water partition coefficient (Wildman–Crippen LogP) is 4.22. The van der Waals surface area contributed by atoms with Gasteiger partial charge in [0.05, 0.1) is 5.39 Å². The molecule has 1 N–H and O–H groups in total. The maximum atomic E-state index is 12.6. The van der Waals surface area contributed by atoms with Crippen molar-refractivity contribution in [1.82, 2.24) is 0 Å². The third-order valence-electron chi connectivity index (χ3n) is 3.57. The van der Waals surface area contributed by atoms with Crippen molar-refractivity contribution < 1.29 is 14.3 Å². The van der Waals surface area contributed by atoms with Gasteiger partial charge in [0.15, 0.2) is 0 Å². The second-order valence-electron chi connectivity index (χ2n) is 5.37. The molecule has 4 heteroatoms. The van der Waals surface area contributed by atoms with Gasteiger partial charge in [-0.05, 0) is 44.5 Å². The van der Waals surface area contributed by atoms with Gasteiger partial charge >= 0.3 is 0 Å². The van der Waals surface area contributed by atoms with E-state index in [-0.39, 0.29) is 16.9 Å². The van der Waals surface area contributed by atoms with Crippen LogP contribution >= 0.6 is 0 Å². The molecule has 0 aliphatic carbocycles. The highest BCUT2D eigenvalue weighted by Gasteiger charge is 2.15. The maximum absolute atomic E-state index is 12.6. The van der Waals surface area contributed by atoms with Crippen LogP contribution in [0.5, 0.6) is 17.2 Å². The Bertz CT molecular complexity index is 905. The minimum absolute atomic E-state index is 0.0993. The molecule has 112 valence electrons. The fourth-order valence-electron chi connectivity index (χ4n) is 2.28. The molecule has 1 aromatic heterocycles. The van der Waals surface area contributed by atoms with E-state index in [0.29, 0.717) is 28.0 Å². The SMILES string of the molecule is Cc1ccc(Oc2c(C)oc3cc(O)c(C)cc3c2=O)cc1. The van der Waals surface area contributed by atoms with Crippen LogP contribution in [0.1, 0.15) is 16.9 Å². The van der Waals surface area contributed by atoms with Gasteiger partial charge in [0.1, 0.15) is 22.8 Å². The van der Waals surface area contributed by atoms with E-state index in [9.17, 15) is 9.90 Å². The molecule has 0 aliphatic heterocycles. The number of fused-ring (bicyclic) bond motifs is 1. The molecule has 0 aliphatic rings. The molecule has 0 saturated heterocycles. The van der Waals surface area contributed by atoms with E-state index < -0.39 is 0 Å². The third-order valence-corrected chi connectivity index (χ3v) is 3.57. The predicted molar refractivity (Wildman–Crippen MR) is 84.9 cm³/mol. The second kappa shape index (κ2) is 5.22. The zero-order chi connectivity index (χ0) is 15.9. The molecule has 0 unspecified atom stereocenters. The highest BCUT2D eigenvalue weighted by atomic mass is 16.5. The number of rotatable bonds is 2. The molecule has 2 aromatic carbocycles. The third kappa shape index (κ3) is 2.44. The summed E-state index contributed by atoms with van der Waals surface area (Å²) >= 11 is 0. The Morgan fingerprint density at radius 1 is 1.05 bits per heavy atom. The van der Waals surface area contributed by atoms with Gasteiger partial charge in [-0.3, -0.25) is 4.79 Å². The van der Waals surface area contributed by atoms with Gasteiger partial charge in [-0.25, -0.2) is 0 Å². The van der Waals surface area contributed by atoms with Crippen LogP contribution in [0.4, 0.5) is 0 Å². The van der Waals surface area contributed by atoms with Crippen LogP contribution in [0.2, 0.25) is 0 Å². The van der Waals surface area contributed by atoms with Crippen molar-refractivity contribution in [3.8, 4) is 17.2 Å². The highest BCUT2D eigenvalue weighted by Crippen LogP contribution is 2.28. The molecule has 0 radical (unpaired) electrons. The topological polar surface area (TPSA) is 59.7 Å². The van der Waals surface area contributed by atoms with Crippen molar-refractivity contribution in [3.63, 3.8) is 0 Å². The fourth-order valence-corrected chi connectivity index (χ4v) is 2.28. The lowest BCUT2D eigenvalue weighted by Crippen LogP contribution is -2.07. The first-order valence-electron chi connectivity index (χ1n) is 6.97. The zero-order valence-corrected chi connectivity index (χ0v) is 12.6. The molecule has 4 nitrogen and oxygen atoms in total. The quantitative estimate of drug-likeness (QED) is 0.769. The Morgan fingerprint density at radius 2 is 1.73 bits per heavy atom. The summed E-state index contributed by atoms with van der Waals surface area (Å²) in [4.78, 5) is 12.6. The monoisotopic (exact) mass is 296 g/mol. The van der Waals surface area contributed by atoms with Crippen LogP contribution in [0.25, 0.3) is 11.0 Å². The standard InChI is InChI=1S/C18H16O4/c1-10-4-6-13(7-5-10)22-18-12(3)21-16-9-15(19)11(2)8-14(16)17(18)20/h4-9,19H,1-3H3. The summed E-state index contributed by atoms with van der Waals surface area (Å²) < 4.78 is 11.3. The van der Waals surface area contributed by atoms with Crippen molar-refractivity contribution in [1.29, 1.82) is 0 Å². The Morgan fingerprint density at radius 3 is 2.41 bits per heavy atom. The summed E-state index contributed by atoms with van der Waals surface area (Å²) in [5.74, 6) is 1.22. The van der Waals surface area contributed by atoms with Crippen molar-refractivity contribution >= 4 is 11.0 Å². The summed E-state index contributed by atoms with van der Waals surface area (Å²) in [5.41, 5.74) is 1.83. The molecule has 22 heavy (non-hydrogen) atoms. The van der Waals surface area contributed by atoms with Gasteiger partial charge in [-0.1, -0.05) is 17.7 Å². The molecular weight excluding hydrogens is 280 g/mol. The van der Waals surface area contributed by atoms with Gasteiger partial charge in [0, 0.05) is 6.07 Å². The molecule has 0 amide bonds. The summed E-state index contributed by atoms with van der Waals surface area (Å²) in [6, 6.07) is 10.5. The number of hydrogen-bond donors (Lipinski definition) is 1. The largest absolute Gasteiger partial charge is 0.508 e. The van der Waals surface area contributed by atoms with E-state index in [0.717, 1.165) is 5.56 Å². The Balaban J connectivity index is 2.15. The van der Waals surface area contributed by atoms with Gasteiger partial charge in [0.25, 0.3) is 0 Å². The maximum Gasteiger partial charge on any atom is 0.235 e. The lowest BCUT2D eigenvalue weighted by atomic mass is 10.1. The first kappa shape index (κ1) is 14.2. The molecule has 1 heterocycles. The molecule has 0 spiro atoms. The lowest BCUT2D eigenvalue weighted by molar-refractivity contribution is 0.434. The summed E-state index contributed by atoms with van der Waals surface area (Å²) in [7, 11) is 0. The molecule has 3 rings (SSSR count). The van der Waals surface area contributed by atoms with Crippen molar-refractivity contribution in [2.75, 3.05) is 0 Å². The Kier molecular flexibility index (Phi) is 3.37. The van der Waals surface area contributed by atoms with Gasteiger partial charge in [0.2, 0.25) is 11.2 Å². The van der Waals surface area contributed by atoms with Crippen LogP contribution in [-0.4, -0.2) is 5.11 Å². The van der Waals surface area contributed by atoms with Crippen LogP contribution in [0.15, 0.2) is 45.6 Å². The average molecular weight is 296 g/mol. The van der Waals surface area contributed by atoms with E-state index in [4.69, 9.17) is 9.15 Å². The number of aromatic hydroxyl groups is 1. The summed E-state index contributed by atoms with van der Waals surface area (Å²) in [5, 5.41) is 10.1. The van der Waals surface area contributed by atoms with E-state index in [1.165, 1.54) is 6.07 Å². The number of ether oxygens (including phenoxy) is 1. The number of phenols is 1. The average Bonchev–Trinajstić information content (AvgIpc) is 2.48. The van der Waals surface area contributed by atoms with Crippen LogP contribution in [0, 0.1) is 20.8 Å². The highest BCUT2D eigenvalue weighted by molar-refractivity contribution is 5.80. The Hall–Kier alpha value is -2.75. The number of aryl methyl sites for hydroxylation is 3. The number of phenolic OH excluding ortho intramolecular Hbond substituents is 1. The molecule has 0 bridgehead atoms. The summed E-state index contributed by atoms with van der Waals surface area (Å²) in [6.07, 6.45) is 0. The van der Waals surface area contributed by atoms with E-state index in [2.05, 4.69) is 0 Å². The molecule has 0 atom stereocenters. The Labute approximate surface area is 127 Å². The van der Waals surface area contributed by atoms with Crippen LogP contribution in [0.3, 0.4) is 0 Å². The fraction of sp³-hybridized carbons (Fsp3) is 0.167. The molecule has 0 fully saturated rings. The molecular formula is C18H16O4. The van der Waals surface area contributed by atoms with Crippen molar-refractivity contribution in [3.05, 3.63) is 63.5 Å². The normalized spacial score (nSPS) is 10.9. The minimum Gasteiger partial charge on any atom is -0.508 e. The smallest absolute Gasteiger partial charge is 0.235 e. The zero-order valence-electron chi connectivity index (χ0n) is 12.6. The lowest BCUT2D eigenvalue weighted by Gasteiger charge is -2.10. The first-order chi connectivity index (χ1) is 10.5. The second-order valence-corrected chi connectivity index (χ2v) is 5.37. The minimum atomic E-state index is -0.248. The molecule has 3 aromatic rings. The van der Waals surface area contributed by atoms with Gasteiger partial charge in [-0.15, -0.1) is 0 Å². The van der Waals surface area contributed by atoms with E-state index in [1.54, 1.807) is 32.0 Å². The number of benzene rings is 2. The van der Waals surface area contributed by atoms with Gasteiger partial charge in [-0.2, -0.15) is 0 Å². The summed E-state index contributed by atoms with van der Waals surface area (Å²) in [6.45, 7) is 5.38. The number of hydrogen-bond acceptors (Lipinski definition) is 4. The molecule has 0 saturated carbocycles. The van der Waals surface area contributed by atoms with E-state index in [1.807, 2.05) is 19.1 Å². The van der Waals surface area contributed by atoms with Crippen molar-refractivity contribution in [2.24, 2.45) is 0 Å². The van der Waals surface area contributed by atoms with Crippen LogP contribution < -0.4 is 10.2 Å². The van der Waals surface area contributed by atoms with Crippen LogP contribution in [-0.2, 0) is 0 Å². The van der Waals surface area contributed by atoms with Crippen molar-refractivity contribution in [2.45, 2.75) is 20.8 Å². The van der Waals surface area contributed by atoms with E-state index >= 15 is 0 Å². The first-order valence-corrected chi connectivity index (χ1v) is 6.97.